The number of fused-ring (bicyclic) bond motifs is 1. The molecule has 2 aliphatic heterocycles. The Labute approximate surface area is 375 Å². The Morgan fingerprint density at radius 1 is 1.09 bits per heavy atom. The number of nitrogens with one attached hydrogen (secondary N) is 3. The normalized spacial score (nSPS) is 25.1. The Morgan fingerprint density at radius 2 is 1.80 bits per heavy atom. The van der Waals surface area contributed by atoms with Crippen LogP contribution in [-0.2, 0) is 35.3 Å². The van der Waals surface area contributed by atoms with Crippen molar-refractivity contribution in [1.82, 2.24) is 19.9 Å². The average molecular weight is 933 g/mol. The maximum atomic E-state index is 15.0. The number of methoxy groups -OCH3 is 1. The van der Waals surface area contributed by atoms with Gasteiger partial charge in [0.1, 0.15) is 34.2 Å². The third-order valence-corrected chi connectivity index (χ3v) is 15.5. The molecule has 1 saturated heterocycles. The fourth-order valence-corrected chi connectivity index (χ4v) is 11.2. The number of halogens is 4. The molecule has 19 heteroatoms. The molecule has 0 bridgehead atoms. The Hall–Kier alpha value is -4.62. The lowest BCUT2D eigenvalue weighted by atomic mass is 9.85. The van der Waals surface area contributed by atoms with Gasteiger partial charge in [0.15, 0.2) is 0 Å². The van der Waals surface area contributed by atoms with Crippen LogP contribution >= 0.6 is 11.3 Å². The summed E-state index contributed by atoms with van der Waals surface area (Å²) in [5, 5.41) is 7.78. The van der Waals surface area contributed by atoms with Crippen LogP contribution in [0.1, 0.15) is 120 Å². The zero-order valence-corrected chi connectivity index (χ0v) is 39.0. The minimum Gasteiger partial charge on any atom is -0.496 e. The number of ether oxygens (including phenoxy) is 2. The molecule has 4 aliphatic rings. The van der Waals surface area contributed by atoms with Crippen molar-refractivity contribution in [1.29, 1.82) is 0 Å². The van der Waals surface area contributed by atoms with Gasteiger partial charge in [0.25, 0.3) is 5.91 Å². The van der Waals surface area contributed by atoms with Gasteiger partial charge < -0.3 is 25.0 Å². The standard InChI is InChI=1S/C45H56F4N6O7S2/c1-10-25-19-44(25,42(58)54-64(59,60)28-12-13-28)53-39(56)33-18-27(20-55(33)41(57)38(43(6,7)8)50-26-11-15-31(46)30(17-26)45(47,48)49)62-37-24(5)36(40-51-32(21-63-40)22(2)3)52-35-23(4)34(61-9)16-14-29(35)37/h11,14-17,21-22,24-25,27-28,33,37-38,50H,10,12-13,18-20H2,1-9H3,(H,53,56)(H,54,58)/t24?,25-,27-,33+,37?,38-,44-/m1/s1. The number of thiazole rings is 1. The van der Waals surface area contributed by atoms with Crippen LogP contribution < -0.4 is 20.1 Å². The number of benzene rings is 2. The first-order chi connectivity index (χ1) is 29.9. The first-order valence-corrected chi connectivity index (χ1v) is 24.0. The van der Waals surface area contributed by atoms with E-state index in [2.05, 4.69) is 29.2 Å². The SMILES string of the molecule is CC[C@@H]1C[C@]1(NC(=O)[C@@H]1C[C@@H](OC2c3ccc(OC)c(C)c3N=C(c3nc(C(C)C)cs3)C2C)CN1C(=O)[C@@H](Nc1ccc(F)c(C(F)(F)F)c1)C(C)(C)C)C(=O)NS(=O)(=O)C1CC1. The Morgan fingerprint density at radius 3 is 2.38 bits per heavy atom. The fraction of sp³-hybridized carbons (Fsp3) is 0.578. The lowest BCUT2D eigenvalue weighted by Crippen LogP contribution is -2.58. The van der Waals surface area contributed by atoms with Gasteiger partial charge in [-0.15, -0.1) is 11.3 Å². The van der Waals surface area contributed by atoms with Crippen molar-refractivity contribution < 1.29 is 49.8 Å². The summed E-state index contributed by atoms with van der Waals surface area (Å²) < 4.78 is 96.5. The first-order valence-electron chi connectivity index (χ1n) is 21.6. The largest absolute Gasteiger partial charge is 0.496 e. The molecule has 3 N–H and O–H groups in total. The van der Waals surface area contributed by atoms with Crippen molar-refractivity contribution >= 4 is 56.2 Å². The molecule has 3 fully saturated rings. The van der Waals surface area contributed by atoms with Crippen molar-refractivity contribution in [2.75, 3.05) is 19.0 Å². The Balaban J connectivity index is 1.24. The molecule has 7 atom stereocenters. The van der Waals surface area contributed by atoms with E-state index in [-0.39, 0.29) is 42.8 Å². The fourth-order valence-electron chi connectivity index (χ4n) is 8.74. The molecular weight excluding hydrogens is 877 g/mol. The minimum atomic E-state index is -5.01. The van der Waals surface area contributed by atoms with Gasteiger partial charge in [-0.3, -0.25) is 19.1 Å². The molecule has 3 aromatic rings. The number of hydrogen-bond acceptors (Lipinski definition) is 11. The highest BCUT2D eigenvalue weighted by atomic mass is 32.2. The number of rotatable bonds is 14. The summed E-state index contributed by atoms with van der Waals surface area (Å²) in [4.78, 5) is 54.8. The molecular formula is C45H56F4N6O7S2. The number of carbonyl (C=O) groups excluding carboxylic acids is 3. The van der Waals surface area contributed by atoms with E-state index in [1.807, 2.05) is 38.3 Å². The quantitative estimate of drug-likeness (QED) is 0.136. The topological polar surface area (TPSA) is 168 Å². The molecule has 2 saturated carbocycles. The first kappa shape index (κ1) is 47.3. The summed E-state index contributed by atoms with van der Waals surface area (Å²) >= 11 is 1.47. The average Bonchev–Trinajstić information content (AvgIpc) is 4.10. The predicted octanol–water partition coefficient (Wildman–Crippen LogP) is 7.96. The van der Waals surface area contributed by atoms with Gasteiger partial charge in [-0.05, 0) is 67.7 Å². The zero-order chi connectivity index (χ0) is 46.8. The second kappa shape index (κ2) is 17.3. The third kappa shape index (κ3) is 9.26. The van der Waals surface area contributed by atoms with E-state index in [4.69, 9.17) is 19.5 Å². The van der Waals surface area contributed by atoms with Gasteiger partial charge in [-0.1, -0.05) is 61.0 Å². The highest BCUT2D eigenvalue weighted by Gasteiger charge is 2.62. The summed E-state index contributed by atoms with van der Waals surface area (Å²) in [5.41, 5.74) is -0.440. The number of amides is 3. The van der Waals surface area contributed by atoms with E-state index in [1.165, 1.54) is 16.2 Å². The lowest BCUT2D eigenvalue weighted by molar-refractivity contribution is -0.141. The molecule has 348 valence electrons. The molecule has 0 spiro atoms. The van der Waals surface area contributed by atoms with Gasteiger partial charge in [0, 0.05) is 41.1 Å². The molecule has 0 radical (unpaired) electrons. The smallest absolute Gasteiger partial charge is 0.419 e. The van der Waals surface area contributed by atoms with E-state index in [9.17, 15) is 35.6 Å². The number of likely N-dealkylation sites (tertiary alicyclic amines) is 1. The number of carbonyl (C=O) groups is 3. The van der Waals surface area contributed by atoms with Crippen LogP contribution in [0.5, 0.6) is 5.75 Å². The molecule has 7 rings (SSSR count). The summed E-state index contributed by atoms with van der Waals surface area (Å²) in [6, 6.07) is 3.57. The van der Waals surface area contributed by atoms with E-state index < -0.39 is 85.8 Å². The van der Waals surface area contributed by atoms with Crippen LogP contribution in [0.2, 0.25) is 0 Å². The number of nitrogens with zero attached hydrogens (tertiary/aromatic N) is 3. The van der Waals surface area contributed by atoms with E-state index in [0.717, 1.165) is 22.9 Å². The molecule has 2 aromatic carbocycles. The lowest BCUT2D eigenvalue weighted by Gasteiger charge is -2.36. The van der Waals surface area contributed by atoms with E-state index in [1.54, 1.807) is 27.9 Å². The highest BCUT2D eigenvalue weighted by Crippen LogP contribution is 2.49. The van der Waals surface area contributed by atoms with Gasteiger partial charge in [0.2, 0.25) is 21.8 Å². The molecule has 64 heavy (non-hydrogen) atoms. The van der Waals surface area contributed by atoms with Crippen molar-refractivity contribution in [3.05, 3.63) is 68.9 Å². The second-order valence-electron chi connectivity index (χ2n) is 18.9. The van der Waals surface area contributed by atoms with E-state index in [0.29, 0.717) is 53.6 Å². The second-order valence-corrected chi connectivity index (χ2v) is 21.7. The number of hydrogen-bond donors (Lipinski definition) is 3. The molecule has 2 aliphatic carbocycles. The molecule has 3 amide bonds. The van der Waals surface area contributed by atoms with Crippen LogP contribution in [0.3, 0.4) is 0 Å². The van der Waals surface area contributed by atoms with Crippen LogP contribution in [0.4, 0.5) is 28.9 Å². The molecule has 1 aromatic heterocycles. The van der Waals surface area contributed by atoms with Crippen LogP contribution in [-0.4, -0.2) is 84.4 Å². The Bertz CT molecular complexity index is 2470. The third-order valence-electron chi connectivity index (χ3n) is 12.8. The molecule has 3 heterocycles. The van der Waals surface area contributed by atoms with E-state index >= 15 is 4.79 Å². The van der Waals surface area contributed by atoms with Crippen LogP contribution in [0, 0.1) is 30.0 Å². The maximum absolute atomic E-state index is 15.0. The minimum absolute atomic E-state index is 0.0486. The number of sulfonamides is 1. The summed E-state index contributed by atoms with van der Waals surface area (Å²) in [6.07, 6.45) is -5.04. The maximum Gasteiger partial charge on any atom is 0.419 e. The van der Waals surface area contributed by atoms with Gasteiger partial charge in [-0.25, -0.2) is 22.8 Å². The van der Waals surface area contributed by atoms with Crippen LogP contribution in [0.25, 0.3) is 0 Å². The molecule has 2 unspecified atom stereocenters. The Kier molecular flexibility index (Phi) is 12.8. The van der Waals surface area contributed by atoms with Crippen molar-refractivity contribution in [2.24, 2.45) is 22.2 Å². The van der Waals surface area contributed by atoms with Gasteiger partial charge >= 0.3 is 6.18 Å². The zero-order valence-electron chi connectivity index (χ0n) is 37.4. The highest BCUT2D eigenvalue weighted by molar-refractivity contribution is 7.91. The monoisotopic (exact) mass is 932 g/mol. The summed E-state index contributed by atoms with van der Waals surface area (Å²) in [6.45, 7) is 14.8. The van der Waals surface area contributed by atoms with Crippen molar-refractivity contribution in [3.63, 3.8) is 0 Å². The number of anilines is 1. The van der Waals surface area contributed by atoms with Crippen molar-refractivity contribution in [2.45, 2.75) is 135 Å². The predicted molar refractivity (Wildman–Crippen MR) is 235 cm³/mol. The van der Waals surface area contributed by atoms with Crippen molar-refractivity contribution in [3.8, 4) is 5.75 Å². The molecule has 13 nitrogen and oxygen atoms in total. The summed E-state index contributed by atoms with van der Waals surface area (Å²) in [7, 11) is -2.39. The van der Waals surface area contributed by atoms with Crippen LogP contribution in [0.15, 0.2) is 40.7 Å². The number of aliphatic imine (C=N–C) groups is 1. The number of alkyl halides is 3. The van der Waals surface area contributed by atoms with Gasteiger partial charge in [0.05, 0.1) is 47.2 Å². The summed E-state index contributed by atoms with van der Waals surface area (Å²) in [5.74, 6) is -3.65. The number of aromatic nitrogens is 1. The van der Waals surface area contributed by atoms with Gasteiger partial charge in [-0.2, -0.15) is 13.2 Å².